The summed E-state index contributed by atoms with van der Waals surface area (Å²) in [5, 5.41) is 26.5. The summed E-state index contributed by atoms with van der Waals surface area (Å²) in [7, 11) is 2.97. The van der Waals surface area contributed by atoms with Gasteiger partial charge >= 0.3 is 0 Å². The van der Waals surface area contributed by atoms with Crippen molar-refractivity contribution in [3.63, 3.8) is 0 Å². The van der Waals surface area contributed by atoms with Crippen LogP contribution >= 0.6 is 24.4 Å². The van der Waals surface area contributed by atoms with Crippen LogP contribution in [0.25, 0.3) is 0 Å². The van der Waals surface area contributed by atoms with Crippen LogP contribution in [0.3, 0.4) is 0 Å². The van der Waals surface area contributed by atoms with Gasteiger partial charge in [-0.25, -0.2) is 0 Å². The Labute approximate surface area is 189 Å². The fraction of sp³-hybridized carbons (Fsp3) is 0.111. The molecule has 10 N–H and O–H groups in total. The average molecular weight is 469 g/mol. The zero-order valence-corrected chi connectivity index (χ0v) is 18.3. The molecule has 2 aromatic carbocycles. The number of ether oxygens (including phenoxy) is 2. The van der Waals surface area contributed by atoms with E-state index in [-0.39, 0.29) is 27.2 Å². The smallest absolute Gasteiger partial charge is 0.184 e. The molecule has 0 aliphatic carbocycles. The Bertz CT molecular complexity index is 864. The Balaban J connectivity index is 0.000000562. The third-order valence-corrected chi connectivity index (χ3v) is 3.37. The molecule has 0 aliphatic rings. The molecule has 0 atom stereocenters. The van der Waals surface area contributed by atoms with Crippen LogP contribution in [0.2, 0.25) is 0 Å². The first kappa shape index (κ1) is 27.3. The SMILES string of the molecule is COc1ccc(/C=N/NC(N)=S)cc1O.COc1ccc(/C=N/NC(N)=S)cc1O.O. The summed E-state index contributed by atoms with van der Waals surface area (Å²) in [4.78, 5) is 0. The first-order valence-electron chi connectivity index (χ1n) is 8.17. The highest BCUT2D eigenvalue weighted by Crippen LogP contribution is 2.26. The Morgan fingerprint density at radius 2 is 1.19 bits per heavy atom. The molecular weight excluding hydrogens is 444 g/mol. The van der Waals surface area contributed by atoms with E-state index in [1.54, 1.807) is 24.3 Å². The highest BCUT2D eigenvalue weighted by atomic mass is 32.1. The van der Waals surface area contributed by atoms with Crippen molar-refractivity contribution in [1.82, 2.24) is 10.9 Å². The summed E-state index contributed by atoms with van der Waals surface area (Å²) >= 11 is 9.12. The second-order valence-electron chi connectivity index (χ2n) is 5.33. The first-order chi connectivity index (χ1) is 14.3. The summed E-state index contributed by atoms with van der Waals surface area (Å²) in [5.74, 6) is 0.928. The number of hydrogen-bond acceptors (Lipinski definition) is 8. The van der Waals surface area contributed by atoms with Crippen LogP contribution in [0, 0.1) is 0 Å². The number of benzene rings is 2. The summed E-state index contributed by atoms with van der Waals surface area (Å²) < 4.78 is 9.78. The number of methoxy groups -OCH3 is 2. The fourth-order valence-corrected chi connectivity index (χ4v) is 2.02. The normalized spacial score (nSPS) is 9.87. The minimum Gasteiger partial charge on any atom is -0.504 e. The van der Waals surface area contributed by atoms with Gasteiger partial charge in [0.15, 0.2) is 33.2 Å². The van der Waals surface area contributed by atoms with Crippen LogP contribution in [0.1, 0.15) is 11.1 Å². The van der Waals surface area contributed by atoms with Gasteiger partial charge in [0.25, 0.3) is 0 Å². The molecule has 0 amide bonds. The van der Waals surface area contributed by atoms with Gasteiger partial charge < -0.3 is 36.6 Å². The molecule has 31 heavy (non-hydrogen) atoms. The summed E-state index contributed by atoms with van der Waals surface area (Å²) in [6.45, 7) is 0. The van der Waals surface area contributed by atoms with E-state index in [0.717, 1.165) is 0 Å². The summed E-state index contributed by atoms with van der Waals surface area (Å²) in [5.41, 5.74) is 16.6. The van der Waals surface area contributed by atoms with Gasteiger partial charge in [-0.3, -0.25) is 10.9 Å². The molecule has 0 heterocycles. The maximum atomic E-state index is 9.44. The number of nitrogens with one attached hydrogen (secondary N) is 2. The molecular formula is C18H24N6O5S2. The van der Waals surface area contributed by atoms with Crippen LogP contribution in [0.4, 0.5) is 0 Å². The molecule has 168 valence electrons. The minimum atomic E-state index is 0. The molecule has 0 unspecified atom stereocenters. The lowest BCUT2D eigenvalue weighted by molar-refractivity contribution is 0.373. The lowest BCUT2D eigenvalue weighted by Gasteiger charge is -2.02. The van der Waals surface area contributed by atoms with Crippen molar-refractivity contribution in [2.24, 2.45) is 21.7 Å². The molecule has 0 spiro atoms. The first-order valence-corrected chi connectivity index (χ1v) is 8.99. The molecule has 0 radical (unpaired) electrons. The predicted molar refractivity (Wildman–Crippen MR) is 128 cm³/mol. The van der Waals surface area contributed by atoms with Crippen molar-refractivity contribution >= 4 is 47.1 Å². The van der Waals surface area contributed by atoms with Crippen molar-refractivity contribution in [2.45, 2.75) is 0 Å². The van der Waals surface area contributed by atoms with E-state index >= 15 is 0 Å². The number of thiocarbonyl (C=S) groups is 2. The van der Waals surface area contributed by atoms with Crippen LogP contribution in [0.5, 0.6) is 23.0 Å². The van der Waals surface area contributed by atoms with Crippen LogP contribution in [0.15, 0.2) is 46.6 Å². The van der Waals surface area contributed by atoms with Crippen molar-refractivity contribution < 1.29 is 25.2 Å². The van der Waals surface area contributed by atoms with Gasteiger partial charge in [0.1, 0.15) is 0 Å². The topological polar surface area (TPSA) is 191 Å². The number of phenolic OH excluding ortho intramolecular Hbond substituents is 2. The van der Waals surface area contributed by atoms with Gasteiger partial charge in [-0.15, -0.1) is 0 Å². The maximum Gasteiger partial charge on any atom is 0.184 e. The second-order valence-corrected chi connectivity index (χ2v) is 6.21. The maximum absolute atomic E-state index is 9.44. The van der Waals surface area contributed by atoms with Gasteiger partial charge in [0, 0.05) is 0 Å². The number of nitrogens with zero attached hydrogens (tertiary/aromatic N) is 2. The third-order valence-electron chi connectivity index (χ3n) is 3.18. The van der Waals surface area contributed by atoms with Crippen LogP contribution in [-0.2, 0) is 0 Å². The fourth-order valence-electron chi connectivity index (χ4n) is 1.92. The highest BCUT2D eigenvalue weighted by molar-refractivity contribution is 7.80. The molecule has 2 aromatic rings. The average Bonchev–Trinajstić information content (AvgIpc) is 2.68. The molecule has 11 nitrogen and oxygen atoms in total. The van der Waals surface area contributed by atoms with E-state index in [1.807, 2.05) is 0 Å². The number of phenols is 2. The van der Waals surface area contributed by atoms with Crippen molar-refractivity contribution in [2.75, 3.05) is 14.2 Å². The van der Waals surface area contributed by atoms with E-state index in [9.17, 15) is 10.2 Å². The summed E-state index contributed by atoms with van der Waals surface area (Å²) in [6, 6.07) is 9.79. The van der Waals surface area contributed by atoms with E-state index < -0.39 is 0 Å². The van der Waals surface area contributed by atoms with Gasteiger partial charge in [-0.1, -0.05) is 0 Å². The summed E-state index contributed by atoms with van der Waals surface area (Å²) in [6.07, 6.45) is 2.97. The Morgan fingerprint density at radius 1 is 0.839 bits per heavy atom. The number of aromatic hydroxyl groups is 2. The van der Waals surface area contributed by atoms with Gasteiger partial charge in [0.05, 0.1) is 26.6 Å². The lowest BCUT2D eigenvalue weighted by atomic mass is 10.2. The number of rotatable bonds is 6. The van der Waals surface area contributed by atoms with Gasteiger partial charge in [0.2, 0.25) is 0 Å². The Kier molecular flexibility index (Phi) is 12.6. The van der Waals surface area contributed by atoms with Gasteiger partial charge in [-0.2, -0.15) is 10.2 Å². The molecule has 0 saturated carbocycles. The molecule has 0 saturated heterocycles. The van der Waals surface area contributed by atoms with Crippen LogP contribution in [-0.4, -0.2) is 52.6 Å². The largest absolute Gasteiger partial charge is 0.504 e. The molecule has 0 aromatic heterocycles. The van der Waals surface area contributed by atoms with Crippen molar-refractivity contribution in [1.29, 1.82) is 0 Å². The van der Waals surface area contributed by atoms with Crippen LogP contribution < -0.4 is 31.8 Å². The van der Waals surface area contributed by atoms with E-state index in [1.165, 1.54) is 38.8 Å². The molecule has 0 bridgehead atoms. The number of hydrazone groups is 2. The Morgan fingerprint density at radius 3 is 1.45 bits per heavy atom. The van der Waals surface area contributed by atoms with E-state index in [0.29, 0.717) is 22.6 Å². The number of hydrogen-bond donors (Lipinski definition) is 6. The predicted octanol–water partition coefficient (Wildman–Crippen LogP) is 0.311. The van der Waals surface area contributed by atoms with Gasteiger partial charge in [-0.05, 0) is 72.0 Å². The standard InChI is InChI=1S/2C9H11N3O2S.H2O/c2*1-14-8-3-2-6(4-7(8)13)5-11-12-9(10)15;/h2*2-5,13H,1H3,(H3,10,12,15);1H2/b2*11-5+;. The monoisotopic (exact) mass is 468 g/mol. The van der Waals surface area contributed by atoms with Crippen molar-refractivity contribution in [3.8, 4) is 23.0 Å². The molecule has 0 fully saturated rings. The zero-order chi connectivity index (χ0) is 22.5. The van der Waals surface area contributed by atoms with E-state index in [4.69, 9.17) is 20.9 Å². The lowest BCUT2D eigenvalue weighted by Crippen LogP contribution is -2.23. The number of nitrogens with two attached hydrogens (primary N) is 2. The molecule has 2 rings (SSSR count). The molecule has 0 aliphatic heterocycles. The third kappa shape index (κ3) is 10.6. The highest BCUT2D eigenvalue weighted by Gasteiger charge is 2.01. The quantitative estimate of drug-likeness (QED) is 0.195. The van der Waals surface area contributed by atoms with Crippen molar-refractivity contribution in [3.05, 3.63) is 47.5 Å². The minimum absolute atomic E-state index is 0. The Hall–Kier alpha value is -3.68. The second kappa shape index (κ2) is 14.3. The molecule has 13 heteroatoms. The zero-order valence-electron chi connectivity index (χ0n) is 16.7. The van der Waals surface area contributed by atoms with E-state index in [2.05, 4.69) is 45.5 Å².